The average Bonchev–Trinajstić information content (AvgIpc) is 2.80. The molecule has 0 aromatic heterocycles. The minimum atomic E-state index is -0.439. The van der Waals surface area contributed by atoms with Crippen LogP contribution in [0.5, 0.6) is 34.5 Å². The zero-order chi connectivity index (χ0) is 23.5. The van der Waals surface area contributed by atoms with E-state index >= 15 is 0 Å². The molecule has 0 bridgehead atoms. The van der Waals surface area contributed by atoms with Crippen molar-refractivity contribution in [3.63, 3.8) is 0 Å². The van der Waals surface area contributed by atoms with E-state index < -0.39 is 5.91 Å². The minimum Gasteiger partial charge on any atom is -0.496 e. The van der Waals surface area contributed by atoms with E-state index in [1.165, 1.54) is 27.5 Å². The zero-order valence-electron chi connectivity index (χ0n) is 19.3. The molecule has 2 aromatic rings. The van der Waals surface area contributed by atoms with E-state index in [1.54, 1.807) is 24.3 Å². The first-order chi connectivity index (χ1) is 15.5. The summed E-state index contributed by atoms with van der Waals surface area (Å²) in [7, 11) is 4.60. The van der Waals surface area contributed by atoms with Gasteiger partial charge in [0.25, 0.3) is 5.91 Å². The Balaban J connectivity index is 2.30. The summed E-state index contributed by atoms with van der Waals surface area (Å²) in [5.41, 5.74) is 3.42. The van der Waals surface area contributed by atoms with E-state index in [0.29, 0.717) is 65.4 Å². The fourth-order valence-corrected chi connectivity index (χ4v) is 2.90. The van der Waals surface area contributed by atoms with Crippen molar-refractivity contribution < 1.29 is 33.2 Å². The molecule has 0 aliphatic rings. The fraction of sp³-hybridized carbons (Fsp3) is 0.391. The van der Waals surface area contributed by atoms with E-state index in [1.807, 2.05) is 20.8 Å². The quantitative estimate of drug-likeness (QED) is 0.392. The molecular formula is C23H30N2O7. The first-order valence-electron chi connectivity index (χ1n) is 10.2. The molecule has 9 heteroatoms. The molecule has 0 radical (unpaired) electrons. The Kier molecular flexibility index (Phi) is 9.46. The fourth-order valence-electron chi connectivity index (χ4n) is 2.90. The molecular weight excluding hydrogens is 416 g/mol. The predicted octanol–water partition coefficient (Wildman–Crippen LogP) is 3.67. The molecule has 2 aromatic carbocycles. The normalized spacial score (nSPS) is 10.6. The average molecular weight is 447 g/mol. The molecule has 1 N–H and O–H groups in total. The van der Waals surface area contributed by atoms with Crippen LogP contribution < -0.4 is 33.8 Å². The van der Waals surface area contributed by atoms with Crippen molar-refractivity contribution in [2.45, 2.75) is 20.8 Å². The van der Waals surface area contributed by atoms with Crippen molar-refractivity contribution in [1.82, 2.24) is 5.43 Å². The number of carbonyl (C=O) groups excluding carboxylic acids is 1. The lowest BCUT2D eigenvalue weighted by Crippen LogP contribution is -2.18. The van der Waals surface area contributed by atoms with Gasteiger partial charge in [0.2, 0.25) is 5.75 Å². The zero-order valence-corrected chi connectivity index (χ0v) is 19.3. The summed E-state index contributed by atoms with van der Waals surface area (Å²) in [6.07, 6.45) is 1.46. The van der Waals surface area contributed by atoms with Crippen molar-refractivity contribution >= 4 is 12.1 Å². The summed E-state index contributed by atoms with van der Waals surface area (Å²) in [5.74, 6) is 2.42. The Morgan fingerprint density at radius 1 is 0.781 bits per heavy atom. The van der Waals surface area contributed by atoms with Crippen LogP contribution in [0.1, 0.15) is 36.7 Å². The molecule has 32 heavy (non-hydrogen) atoms. The van der Waals surface area contributed by atoms with E-state index in [0.717, 1.165) is 0 Å². The number of hydrazone groups is 1. The molecule has 0 spiro atoms. The number of ether oxygens (including phenoxy) is 6. The highest BCUT2D eigenvalue weighted by molar-refractivity contribution is 5.96. The number of nitrogens with one attached hydrogen (secondary N) is 1. The predicted molar refractivity (Wildman–Crippen MR) is 121 cm³/mol. The largest absolute Gasteiger partial charge is 0.496 e. The van der Waals surface area contributed by atoms with Gasteiger partial charge in [0.15, 0.2) is 23.0 Å². The van der Waals surface area contributed by atoms with Crippen molar-refractivity contribution in [2.24, 2.45) is 5.10 Å². The van der Waals surface area contributed by atoms with Crippen molar-refractivity contribution in [1.29, 1.82) is 0 Å². The van der Waals surface area contributed by atoms with Gasteiger partial charge < -0.3 is 28.4 Å². The molecule has 0 saturated carbocycles. The number of nitrogens with zero attached hydrogens (tertiary/aromatic N) is 1. The highest BCUT2D eigenvalue weighted by Crippen LogP contribution is 2.39. The Hall–Kier alpha value is -3.62. The molecule has 0 atom stereocenters. The second-order valence-electron chi connectivity index (χ2n) is 6.25. The molecule has 0 fully saturated rings. The third-order valence-electron chi connectivity index (χ3n) is 4.28. The number of carbonyl (C=O) groups is 1. The molecule has 174 valence electrons. The Labute approximate surface area is 188 Å². The molecule has 0 unspecified atom stereocenters. The Morgan fingerprint density at radius 2 is 1.31 bits per heavy atom. The highest BCUT2D eigenvalue weighted by atomic mass is 16.5. The third kappa shape index (κ3) is 5.96. The lowest BCUT2D eigenvalue weighted by atomic mass is 10.1. The SMILES string of the molecule is CCOc1cc(C(=O)NN=Cc2cc(OC)c(OC)cc2OC)cc(OCC)c1OCC. The molecule has 2 rings (SSSR count). The molecule has 1 amide bonds. The van der Waals surface area contributed by atoms with Gasteiger partial charge in [0.05, 0.1) is 47.4 Å². The summed E-state index contributed by atoms with van der Waals surface area (Å²) < 4.78 is 32.9. The number of hydrogen-bond acceptors (Lipinski definition) is 8. The van der Waals surface area contributed by atoms with Crippen LogP contribution in [-0.2, 0) is 0 Å². The van der Waals surface area contributed by atoms with Crippen LogP contribution in [0.25, 0.3) is 0 Å². The number of benzene rings is 2. The van der Waals surface area contributed by atoms with Gasteiger partial charge in [-0.25, -0.2) is 5.43 Å². The van der Waals surface area contributed by atoms with E-state index in [2.05, 4.69) is 10.5 Å². The van der Waals surface area contributed by atoms with Crippen molar-refractivity contribution in [2.75, 3.05) is 41.2 Å². The number of methoxy groups -OCH3 is 3. The lowest BCUT2D eigenvalue weighted by Gasteiger charge is -2.16. The standard InChI is InChI=1S/C23H30N2O7/c1-7-30-20-10-15(11-21(31-8-2)22(20)32-9-3)23(26)25-24-14-16-12-18(28-5)19(29-6)13-17(16)27-4/h10-14H,7-9H2,1-6H3,(H,25,26). The van der Waals surface area contributed by atoms with Crippen LogP contribution in [0.15, 0.2) is 29.4 Å². The van der Waals surface area contributed by atoms with Crippen LogP contribution in [0.3, 0.4) is 0 Å². The first kappa shape index (κ1) is 24.6. The molecule has 9 nitrogen and oxygen atoms in total. The second-order valence-corrected chi connectivity index (χ2v) is 6.25. The summed E-state index contributed by atoms with van der Waals surface area (Å²) in [5, 5.41) is 4.05. The second kappa shape index (κ2) is 12.3. The van der Waals surface area contributed by atoms with Gasteiger partial charge in [0, 0.05) is 17.2 Å². The number of rotatable bonds is 12. The maximum Gasteiger partial charge on any atom is 0.271 e. The Bertz CT molecular complexity index is 917. The highest BCUT2D eigenvalue weighted by Gasteiger charge is 2.18. The first-order valence-corrected chi connectivity index (χ1v) is 10.2. The lowest BCUT2D eigenvalue weighted by molar-refractivity contribution is 0.0954. The van der Waals surface area contributed by atoms with E-state index in [4.69, 9.17) is 28.4 Å². The van der Waals surface area contributed by atoms with Gasteiger partial charge in [-0.2, -0.15) is 5.10 Å². The topological polar surface area (TPSA) is 96.8 Å². The summed E-state index contributed by atoms with van der Waals surface area (Å²) >= 11 is 0. The van der Waals surface area contributed by atoms with Crippen molar-refractivity contribution in [3.8, 4) is 34.5 Å². The van der Waals surface area contributed by atoms with Crippen LogP contribution in [0.4, 0.5) is 0 Å². The molecule has 0 aliphatic carbocycles. The molecule has 0 aliphatic heterocycles. The van der Waals surface area contributed by atoms with Crippen LogP contribution >= 0.6 is 0 Å². The maximum absolute atomic E-state index is 12.7. The smallest absolute Gasteiger partial charge is 0.271 e. The van der Waals surface area contributed by atoms with Gasteiger partial charge >= 0.3 is 0 Å². The summed E-state index contributed by atoms with van der Waals surface area (Å²) in [6.45, 7) is 6.82. The number of amides is 1. The number of hydrogen-bond donors (Lipinski definition) is 1. The minimum absolute atomic E-state index is 0.316. The van der Waals surface area contributed by atoms with Gasteiger partial charge in [-0.15, -0.1) is 0 Å². The molecule has 0 heterocycles. The van der Waals surface area contributed by atoms with E-state index in [9.17, 15) is 4.79 Å². The van der Waals surface area contributed by atoms with Crippen LogP contribution in [0.2, 0.25) is 0 Å². The van der Waals surface area contributed by atoms with Crippen LogP contribution in [-0.4, -0.2) is 53.3 Å². The third-order valence-corrected chi connectivity index (χ3v) is 4.28. The molecule has 0 saturated heterocycles. The Morgan fingerprint density at radius 3 is 1.81 bits per heavy atom. The summed E-state index contributed by atoms with van der Waals surface area (Å²) in [4.78, 5) is 12.7. The van der Waals surface area contributed by atoms with Crippen molar-refractivity contribution in [3.05, 3.63) is 35.4 Å². The van der Waals surface area contributed by atoms with Gasteiger partial charge in [0.1, 0.15) is 5.75 Å². The monoisotopic (exact) mass is 446 g/mol. The maximum atomic E-state index is 12.7. The van der Waals surface area contributed by atoms with Gasteiger partial charge in [-0.1, -0.05) is 0 Å². The van der Waals surface area contributed by atoms with Gasteiger partial charge in [-0.05, 0) is 39.0 Å². The van der Waals surface area contributed by atoms with Gasteiger partial charge in [-0.3, -0.25) is 4.79 Å². The van der Waals surface area contributed by atoms with E-state index in [-0.39, 0.29) is 0 Å². The van der Waals surface area contributed by atoms with Crippen LogP contribution in [0, 0.1) is 0 Å². The summed E-state index contributed by atoms with van der Waals surface area (Å²) in [6, 6.07) is 6.57.